The van der Waals surface area contributed by atoms with Gasteiger partial charge in [0.15, 0.2) is 5.66 Å². The minimum atomic E-state index is -0.469. The van der Waals surface area contributed by atoms with E-state index in [1.807, 2.05) is 6.07 Å². The topological polar surface area (TPSA) is 63.0 Å². The summed E-state index contributed by atoms with van der Waals surface area (Å²) in [6, 6.07) is 13.6. The second kappa shape index (κ2) is 9.22. The van der Waals surface area contributed by atoms with Crippen LogP contribution in [0.1, 0.15) is 38.2 Å². The molecule has 1 aliphatic carbocycles. The van der Waals surface area contributed by atoms with E-state index >= 15 is 0 Å². The fourth-order valence-electron chi connectivity index (χ4n) is 3.90. The fourth-order valence-corrected chi connectivity index (χ4v) is 4.78. The number of carbonyl (C=O) groups excluding carboxylic acids is 1. The Morgan fingerprint density at radius 2 is 1.94 bits per heavy atom. The summed E-state index contributed by atoms with van der Waals surface area (Å²) in [5, 5.41) is 3.60. The molecule has 1 amide bonds. The number of hydrogen-bond donors (Lipinski definition) is 1. The number of ether oxygens (including phenoxy) is 1. The predicted octanol–water partition coefficient (Wildman–Crippen LogP) is 5.31. The molecule has 1 heterocycles. The lowest BCUT2D eigenvalue weighted by molar-refractivity contribution is -0.113. The lowest BCUT2D eigenvalue weighted by Crippen LogP contribution is -2.28. The summed E-state index contributed by atoms with van der Waals surface area (Å²) in [6.07, 6.45) is 3.91. The van der Waals surface area contributed by atoms with Crippen LogP contribution in [0.5, 0.6) is 5.75 Å². The SMILES string of the molecule is COc1ccc(NC(=O)CSC2=NC3(CCC(C)CC3)N=C2c2cccc(F)c2)cc1. The van der Waals surface area contributed by atoms with Gasteiger partial charge in [-0.15, -0.1) is 0 Å². The molecule has 0 saturated heterocycles. The van der Waals surface area contributed by atoms with Crippen LogP contribution in [-0.2, 0) is 4.79 Å². The van der Waals surface area contributed by atoms with Gasteiger partial charge in [0.25, 0.3) is 0 Å². The zero-order valence-corrected chi connectivity index (χ0v) is 18.5. The number of carbonyl (C=O) groups is 1. The summed E-state index contributed by atoms with van der Waals surface area (Å²) >= 11 is 1.36. The Bertz CT molecular complexity index is 1010. The van der Waals surface area contributed by atoms with Gasteiger partial charge in [0.2, 0.25) is 5.91 Å². The minimum Gasteiger partial charge on any atom is -0.497 e. The van der Waals surface area contributed by atoms with Gasteiger partial charge in [-0.25, -0.2) is 9.38 Å². The Balaban J connectivity index is 1.49. The highest BCUT2D eigenvalue weighted by molar-refractivity contribution is 8.16. The van der Waals surface area contributed by atoms with Crippen molar-refractivity contribution >= 4 is 34.1 Å². The molecule has 2 aromatic carbocycles. The van der Waals surface area contributed by atoms with Crippen LogP contribution in [-0.4, -0.2) is 35.2 Å². The Morgan fingerprint density at radius 3 is 2.61 bits per heavy atom. The van der Waals surface area contributed by atoms with E-state index in [2.05, 4.69) is 12.2 Å². The lowest BCUT2D eigenvalue weighted by Gasteiger charge is -2.30. The summed E-state index contributed by atoms with van der Waals surface area (Å²) in [5.74, 6) is 1.16. The normalized spacial score (nSPS) is 22.7. The Labute approximate surface area is 186 Å². The largest absolute Gasteiger partial charge is 0.497 e. The van der Waals surface area contributed by atoms with Gasteiger partial charge in [-0.05, 0) is 68.0 Å². The third-order valence-electron chi connectivity index (χ3n) is 5.72. The first kappa shape index (κ1) is 21.6. The molecule has 162 valence electrons. The number of nitrogens with zero attached hydrogens (tertiary/aromatic N) is 2. The molecular weight excluding hydrogens is 413 g/mol. The average Bonchev–Trinajstić information content (AvgIpc) is 3.13. The van der Waals surface area contributed by atoms with Crippen molar-refractivity contribution < 1.29 is 13.9 Å². The van der Waals surface area contributed by atoms with Crippen molar-refractivity contribution in [1.82, 2.24) is 0 Å². The van der Waals surface area contributed by atoms with Crippen molar-refractivity contribution in [2.75, 3.05) is 18.2 Å². The first-order valence-electron chi connectivity index (χ1n) is 10.5. The molecule has 7 heteroatoms. The van der Waals surface area contributed by atoms with E-state index < -0.39 is 5.66 Å². The second-order valence-electron chi connectivity index (χ2n) is 8.12. The van der Waals surface area contributed by atoms with E-state index in [4.69, 9.17) is 14.7 Å². The third kappa shape index (κ3) is 5.15. The van der Waals surface area contributed by atoms with Crippen LogP contribution in [0.25, 0.3) is 0 Å². The predicted molar refractivity (Wildman–Crippen MR) is 125 cm³/mol. The van der Waals surface area contributed by atoms with Crippen LogP contribution < -0.4 is 10.1 Å². The average molecular weight is 440 g/mol. The van der Waals surface area contributed by atoms with E-state index in [-0.39, 0.29) is 17.5 Å². The van der Waals surface area contributed by atoms with Crippen LogP contribution in [0.3, 0.4) is 0 Å². The highest BCUT2D eigenvalue weighted by Gasteiger charge is 2.39. The first-order valence-corrected chi connectivity index (χ1v) is 11.5. The van der Waals surface area contributed by atoms with Crippen LogP contribution in [0.15, 0.2) is 58.5 Å². The maximum atomic E-state index is 13.9. The van der Waals surface area contributed by atoms with Crippen molar-refractivity contribution in [3.63, 3.8) is 0 Å². The lowest BCUT2D eigenvalue weighted by atomic mass is 9.83. The zero-order chi connectivity index (χ0) is 21.8. The highest BCUT2D eigenvalue weighted by atomic mass is 32.2. The molecule has 2 aromatic rings. The van der Waals surface area contributed by atoms with Crippen molar-refractivity contribution in [3.8, 4) is 5.75 Å². The Morgan fingerprint density at radius 1 is 1.19 bits per heavy atom. The third-order valence-corrected chi connectivity index (χ3v) is 6.68. The number of anilines is 1. The monoisotopic (exact) mass is 439 g/mol. The molecule has 4 rings (SSSR count). The van der Waals surface area contributed by atoms with Gasteiger partial charge in [0.05, 0.1) is 18.6 Å². The van der Waals surface area contributed by atoms with Crippen LogP contribution in [0.4, 0.5) is 10.1 Å². The van der Waals surface area contributed by atoms with Crippen LogP contribution in [0.2, 0.25) is 0 Å². The van der Waals surface area contributed by atoms with Gasteiger partial charge in [0.1, 0.15) is 16.6 Å². The van der Waals surface area contributed by atoms with E-state index in [1.165, 1.54) is 23.9 Å². The molecule has 1 fully saturated rings. The number of thioether (sulfide) groups is 1. The van der Waals surface area contributed by atoms with E-state index in [0.717, 1.165) is 31.4 Å². The quantitative estimate of drug-likeness (QED) is 0.686. The van der Waals surface area contributed by atoms with E-state index in [9.17, 15) is 9.18 Å². The summed E-state index contributed by atoms with van der Waals surface area (Å²) in [4.78, 5) is 22.4. The zero-order valence-electron chi connectivity index (χ0n) is 17.7. The summed E-state index contributed by atoms with van der Waals surface area (Å²) < 4.78 is 19.0. The number of benzene rings is 2. The molecule has 1 aliphatic heterocycles. The number of aliphatic imine (C=N–C) groups is 2. The van der Waals surface area contributed by atoms with Crippen LogP contribution in [0, 0.1) is 11.7 Å². The molecule has 1 spiro atoms. The van der Waals surface area contributed by atoms with Gasteiger partial charge in [0, 0.05) is 11.3 Å². The second-order valence-corrected chi connectivity index (χ2v) is 9.08. The molecule has 0 aromatic heterocycles. The van der Waals surface area contributed by atoms with Gasteiger partial charge < -0.3 is 10.1 Å². The molecule has 1 saturated carbocycles. The van der Waals surface area contributed by atoms with Crippen LogP contribution >= 0.6 is 11.8 Å². The smallest absolute Gasteiger partial charge is 0.234 e. The molecule has 0 bridgehead atoms. The highest BCUT2D eigenvalue weighted by Crippen LogP contribution is 2.40. The number of amides is 1. The summed E-state index contributed by atoms with van der Waals surface area (Å²) in [7, 11) is 1.60. The Kier molecular flexibility index (Phi) is 6.41. The fraction of sp³-hybridized carbons (Fsp3) is 0.375. The maximum Gasteiger partial charge on any atom is 0.234 e. The van der Waals surface area contributed by atoms with Gasteiger partial charge in [-0.2, -0.15) is 0 Å². The molecule has 0 atom stereocenters. The summed E-state index contributed by atoms with van der Waals surface area (Å²) in [5.41, 5.74) is 1.63. The molecule has 2 aliphatic rings. The van der Waals surface area contributed by atoms with Gasteiger partial charge in [-0.1, -0.05) is 30.8 Å². The number of hydrogen-bond acceptors (Lipinski definition) is 5. The van der Waals surface area contributed by atoms with E-state index in [0.29, 0.717) is 27.9 Å². The molecular formula is C24H26FN3O2S. The van der Waals surface area contributed by atoms with Crippen molar-refractivity contribution in [1.29, 1.82) is 0 Å². The number of nitrogens with one attached hydrogen (secondary N) is 1. The summed E-state index contributed by atoms with van der Waals surface area (Å²) in [6.45, 7) is 2.25. The van der Waals surface area contributed by atoms with Gasteiger partial charge in [-0.3, -0.25) is 9.79 Å². The number of rotatable bonds is 5. The van der Waals surface area contributed by atoms with Crippen molar-refractivity contribution in [2.24, 2.45) is 15.9 Å². The van der Waals surface area contributed by atoms with Crippen molar-refractivity contribution in [3.05, 3.63) is 59.9 Å². The molecule has 1 N–H and O–H groups in total. The Hall–Kier alpha value is -2.67. The molecule has 0 unspecified atom stereocenters. The molecule has 31 heavy (non-hydrogen) atoms. The standard InChI is InChI=1S/C24H26FN3O2S/c1-16-10-12-24(13-11-16)27-22(17-4-3-5-18(25)14-17)23(28-24)31-15-21(29)26-19-6-8-20(30-2)9-7-19/h3-9,14,16H,10-13,15H2,1-2H3,(H,26,29). The van der Waals surface area contributed by atoms with Gasteiger partial charge >= 0.3 is 0 Å². The van der Waals surface area contributed by atoms with E-state index in [1.54, 1.807) is 37.4 Å². The van der Waals surface area contributed by atoms with Crippen molar-refractivity contribution in [2.45, 2.75) is 38.3 Å². The molecule has 0 radical (unpaired) electrons. The maximum absolute atomic E-state index is 13.9. The number of halogens is 1. The minimum absolute atomic E-state index is 0.130. The number of methoxy groups -OCH3 is 1. The molecule has 5 nitrogen and oxygen atoms in total. The first-order chi connectivity index (χ1) is 15.0.